The van der Waals surface area contributed by atoms with E-state index in [2.05, 4.69) is 49.7 Å². The highest BCUT2D eigenvalue weighted by molar-refractivity contribution is 5.90. The molecule has 0 bridgehead atoms. The van der Waals surface area contributed by atoms with Crippen molar-refractivity contribution in [1.82, 2.24) is 19.4 Å². The first-order valence-electron chi connectivity index (χ1n) is 10.8. The average molecular weight is 392 g/mol. The number of aryl methyl sites for hydroxylation is 1. The highest BCUT2D eigenvalue weighted by Gasteiger charge is 2.26. The fourth-order valence-corrected chi connectivity index (χ4v) is 4.88. The number of benzene rings is 1. The number of hydrogen-bond donors (Lipinski definition) is 1. The van der Waals surface area contributed by atoms with E-state index in [1.807, 2.05) is 0 Å². The predicted molar refractivity (Wildman–Crippen MR) is 115 cm³/mol. The normalized spacial score (nSPS) is 17.6. The summed E-state index contributed by atoms with van der Waals surface area (Å²) in [6.45, 7) is 6.24. The molecule has 3 aromatic rings. The van der Waals surface area contributed by atoms with Crippen molar-refractivity contribution in [3.8, 4) is 0 Å². The van der Waals surface area contributed by atoms with Crippen LogP contribution in [0.3, 0.4) is 0 Å². The van der Waals surface area contributed by atoms with Crippen LogP contribution in [-0.4, -0.2) is 57.3 Å². The Labute approximate surface area is 171 Å². The summed E-state index contributed by atoms with van der Waals surface area (Å²) in [5, 5.41) is 9.98. The molecule has 1 N–H and O–H groups in total. The summed E-state index contributed by atoms with van der Waals surface area (Å²) in [5.74, 6) is 1.04. The molecule has 2 aliphatic rings. The zero-order chi connectivity index (χ0) is 19.6. The van der Waals surface area contributed by atoms with E-state index in [1.165, 1.54) is 24.1 Å². The Bertz CT molecular complexity index is 976. The van der Waals surface area contributed by atoms with E-state index in [0.29, 0.717) is 0 Å². The van der Waals surface area contributed by atoms with Crippen LogP contribution in [0, 0.1) is 0 Å². The van der Waals surface area contributed by atoms with Crippen molar-refractivity contribution < 1.29 is 5.11 Å². The smallest absolute Gasteiger partial charge is 0.156 e. The van der Waals surface area contributed by atoms with E-state index in [-0.39, 0.29) is 6.61 Å². The van der Waals surface area contributed by atoms with Gasteiger partial charge in [-0.2, -0.15) is 0 Å². The minimum Gasteiger partial charge on any atom is -0.392 e. The van der Waals surface area contributed by atoms with Gasteiger partial charge in [0.1, 0.15) is 11.8 Å². The van der Waals surface area contributed by atoms with E-state index < -0.39 is 0 Å². The van der Waals surface area contributed by atoms with E-state index in [9.17, 15) is 5.11 Å². The van der Waals surface area contributed by atoms with Crippen LogP contribution in [0.15, 0.2) is 36.7 Å². The summed E-state index contributed by atoms with van der Waals surface area (Å²) in [6, 6.07) is 10.7. The zero-order valence-corrected chi connectivity index (χ0v) is 16.9. The maximum absolute atomic E-state index is 9.98. The molecule has 6 heteroatoms. The lowest BCUT2D eigenvalue weighted by molar-refractivity contribution is 0.260. The maximum Gasteiger partial charge on any atom is 0.156 e. The molecule has 1 aromatic carbocycles. The number of piperazine rings is 1. The van der Waals surface area contributed by atoms with Crippen molar-refractivity contribution in [3.05, 3.63) is 53.5 Å². The first-order valence-corrected chi connectivity index (χ1v) is 10.8. The molecule has 2 aromatic heterocycles. The van der Waals surface area contributed by atoms with Crippen molar-refractivity contribution in [2.45, 2.75) is 38.8 Å². The second-order valence-electron chi connectivity index (χ2n) is 8.15. The molecule has 6 nitrogen and oxygen atoms in total. The predicted octanol–water partition coefficient (Wildman–Crippen LogP) is 2.62. The molecule has 1 fully saturated rings. The molecule has 0 amide bonds. The van der Waals surface area contributed by atoms with Crippen molar-refractivity contribution in [2.24, 2.45) is 0 Å². The van der Waals surface area contributed by atoms with Gasteiger partial charge in [0.2, 0.25) is 0 Å². The Morgan fingerprint density at radius 2 is 1.76 bits per heavy atom. The molecule has 0 radical (unpaired) electrons. The molecule has 0 saturated carbocycles. The van der Waals surface area contributed by atoms with Crippen LogP contribution in [0.2, 0.25) is 0 Å². The first kappa shape index (κ1) is 18.6. The summed E-state index contributed by atoms with van der Waals surface area (Å²) >= 11 is 0. The van der Waals surface area contributed by atoms with Gasteiger partial charge in [-0.25, -0.2) is 9.97 Å². The molecule has 2 aliphatic heterocycles. The van der Waals surface area contributed by atoms with Crippen molar-refractivity contribution in [3.63, 3.8) is 0 Å². The average Bonchev–Trinajstić information content (AvgIpc) is 3.12. The molecular weight excluding hydrogens is 362 g/mol. The number of aliphatic hydroxyl groups is 1. The lowest BCUT2D eigenvalue weighted by Crippen LogP contribution is -2.47. The minimum atomic E-state index is 0.0581. The van der Waals surface area contributed by atoms with Crippen molar-refractivity contribution >= 4 is 16.9 Å². The molecule has 1 saturated heterocycles. The third kappa shape index (κ3) is 3.51. The quantitative estimate of drug-likeness (QED) is 0.725. The number of nitrogens with zero attached hydrogens (tertiary/aromatic N) is 5. The van der Waals surface area contributed by atoms with E-state index in [4.69, 9.17) is 4.98 Å². The van der Waals surface area contributed by atoms with E-state index >= 15 is 0 Å². The van der Waals surface area contributed by atoms with Crippen LogP contribution in [0.4, 0.5) is 5.82 Å². The summed E-state index contributed by atoms with van der Waals surface area (Å²) in [7, 11) is 0. The van der Waals surface area contributed by atoms with Crippen LogP contribution in [0.5, 0.6) is 0 Å². The molecule has 4 heterocycles. The van der Waals surface area contributed by atoms with Gasteiger partial charge >= 0.3 is 0 Å². The fraction of sp³-hybridized carbons (Fsp3) is 0.478. The van der Waals surface area contributed by atoms with Gasteiger partial charge in [0, 0.05) is 50.5 Å². The Balaban J connectivity index is 1.34. The van der Waals surface area contributed by atoms with Crippen LogP contribution in [0.1, 0.15) is 29.7 Å². The van der Waals surface area contributed by atoms with Crippen molar-refractivity contribution in [2.75, 3.05) is 37.6 Å². The molecule has 0 unspecified atom stereocenters. The van der Waals surface area contributed by atoms with Crippen LogP contribution in [0.25, 0.3) is 11.0 Å². The van der Waals surface area contributed by atoms with Gasteiger partial charge in [0.05, 0.1) is 12.1 Å². The molecular formula is C23H29N5O. The molecule has 0 atom stereocenters. The number of aromatic nitrogens is 3. The molecule has 152 valence electrons. The fourth-order valence-electron chi connectivity index (χ4n) is 4.88. The Kier molecular flexibility index (Phi) is 5.21. The topological polar surface area (TPSA) is 57.4 Å². The van der Waals surface area contributed by atoms with Gasteiger partial charge in [0.15, 0.2) is 5.82 Å². The van der Waals surface area contributed by atoms with E-state index in [1.54, 1.807) is 6.33 Å². The lowest BCUT2D eigenvalue weighted by atomic mass is 10.1. The lowest BCUT2D eigenvalue weighted by Gasteiger charge is -2.35. The van der Waals surface area contributed by atoms with Crippen LogP contribution < -0.4 is 4.90 Å². The highest BCUT2D eigenvalue weighted by atomic mass is 16.3. The number of rotatable bonds is 5. The molecule has 0 aliphatic carbocycles. The van der Waals surface area contributed by atoms with Crippen LogP contribution in [-0.2, 0) is 26.0 Å². The van der Waals surface area contributed by atoms with Gasteiger partial charge in [-0.3, -0.25) is 4.90 Å². The Morgan fingerprint density at radius 1 is 0.931 bits per heavy atom. The third-order valence-corrected chi connectivity index (χ3v) is 6.47. The highest BCUT2D eigenvalue weighted by Crippen LogP contribution is 2.34. The van der Waals surface area contributed by atoms with Crippen LogP contribution >= 0.6 is 0 Å². The number of aliphatic hydroxyl groups excluding tert-OH is 1. The third-order valence-electron chi connectivity index (χ3n) is 6.47. The SMILES string of the molecule is OCc1c2n(c3c(N4CCN(CCc5ccccc5)CC4)ncnc13)CCCC2. The standard InChI is InChI=1S/C23H29N5O/c29-16-19-20-8-4-5-10-28(20)22-21(19)24-17-25-23(22)27-14-12-26(13-15-27)11-9-18-6-2-1-3-7-18/h1-3,6-7,17,29H,4-5,8-16H2. The number of anilines is 1. The summed E-state index contributed by atoms with van der Waals surface area (Å²) in [4.78, 5) is 14.2. The minimum absolute atomic E-state index is 0.0581. The molecule has 29 heavy (non-hydrogen) atoms. The maximum atomic E-state index is 9.98. The Hall–Kier alpha value is -2.44. The first-order chi connectivity index (χ1) is 14.3. The van der Waals surface area contributed by atoms with E-state index in [0.717, 1.165) is 74.5 Å². The summed E-state index contributed by atoms with van der Waals surface area (Å²) in [5.41, 5.74) is 5.75. The summed E-state index contributed by atoms with van der Waals surface area (Å²) in [6.07, 6.45) is 6.17. The van der Waals surface area contributed by atoms with Gasteiger partial charge in [-0.15, -0.1) is 0 Å². The summed E-state index contributed by atoms with van der Waals surface area (Å²) < 4.78 is 2.38. The van der Waals surface area contributed by atoms with Gasteiger partial charge < -0.3 is 14.6 Å². The second kappa shape index (κ2) is 8.13. The number of fused-ring (bicyclic) bond motifs is 3. The van der Waals surface area contributed by atoms with Gasteiger partial charge in [-0.1, -0.05) is 30.3 Å². The molecule has 5 rings (SSSR count). The molecule has 0 spiro atoms. The van der Waals surface area contributed by atoms with Crippen molar-refractivity contribution in [1.29, 1.82) is 0 Å². The zero-order valence-electron chi connectivity index (χ0n) is 16.9. The number of hydrogen-bond acceptors (Lipinski definition) is 5. The van der Waals surface area contributed by atoms with Gasteiger partial charge in [0.25, 0.3) is 0 Å². The van der Waals surface area contributed by atoms with Gasteiger partial charge in [-0.05, 0) is 31.2 Å². The second-order valence-corrected chi connectivity index (χ2v) is 8.15. The monoisotopic (exact) mass is 391 g/mol. The Morgan fingerprint density at radius 3 is 2.55 bits per heavy atom. The largest absolute Gasteiger partial charge is 0.392 e.